The fraction of sp³-hybridized carbons (Fsp3) is 0.632. The summed E-state index contributed by atoms with van der Waals surface area (Å²) in [6, 6.07) is 0. The molecule has 2 aliphatic rings. The summed E-state index contributed by atoms with van der Waals surface area (Å²) < 4.78 is 7.56. The van der Waals surface area contributed by atoms with Crippen molar-refractivity contribution >= 4 is 5.91 Å². The van der Waals surface area contributed by atoms with Gasteiger partial charge >= 0.3 is 0 Å². The van der Waals surface area contributed by atoms with Crippen molar-refractivity contribution in [1.29, 1.82) is 0 Å². The molecule has 0 aromatic carbocycles. The molecule has 0 bridgehead atoms. The molecule has 1 saturated heterocycles. The smallest absolute Gasteiger partial charge is 0.220 e. The van der Waals surface area contributed by atoms with Gasteiger partial charge in [0.2, 0.25) is 5.91 Å². The molecule has 0 aliphatic carbocycles. The van der Waals surface area contributed by atoms with Crippen LogP contribution < -0.4 is 0 Å². The summed E-state index contributed by atoms with van der Waals surface area (Å²) in [7, 11) is 2.05. The molecule has 26 heavy (non-hydrogen) atoms. The number of aryl methyl sites for hydroxylation is 3. The van der Waals surface area contributed by atoms with Gasteiger partial charge in [-0.3, -0.25) is 9.69 Å². The predicted octanol–water partition coefficient (Wildman–Crippen LogP) is 1.78. The molecule has 7 nitrogen and oxygen atoms in total. The third-order valence-corrected chi connectivity index (χ3v) is 6.06. The van der Waals surface area contributed by atoms with E-state index < -0.39 is 0 Å². The lowest BCUT2D eigenvalue weighted by atomic mass is 9.86. The van der Waals surface area contributed by atoms with E-state index in [-0.39, 0.29) is 11.4 Å². The zero-order valence-electron chi connectivity index (χ0n) is 16.1. The van der Waals surface area contributed by atoms with Crippen molar-refractivity contribution in [1.82, 2.24) is 24.5 Å². The first-order valence-corrected chi connectivity index (χ1v) is 9.41. The molecular weight excluding hydrogens is 330 g/mol. The Balaban J connectivity index is 1.66. The van der Waals surface area contributed by atoms with Crippen LogP contribution >= 0.6 is 0 Å². The highest BCUT2D eigenvalue weighted by Gasteiger charge is 2.50. The zero-order valence-corrected chi connectivity index (χ0v) is 16.1. The second-order valence-electron chi connectivity index (χ2n) is 7.59. The van der Waals surface area contributed by atoms with Gasteiger partial charge < -0.3 is 14.0 Å². The first-order chi connectivity index (χ1) is 12.5. The summed E-state index contributed by atoms with van der Waals surface area (Å²) in [5, 5.41) is 4.13. The van der Waals surface area contributed by atoms with Crippen molar-refractivity contribution in [3.05, 3.63) is 34.7 Å². The number of aromatic nitrogens is 3. The van der Waals surface area contributed by atoms with Gasteiger partial charge in [0, 0.05) is 64.2 Å². The highest BCUT2D eigenvalue weighted by Crippen LogP contribution is 2.42. The van der Waals surface area contributed by atoms with E-state index in [0.717, 1.165) is 62.6 Å². The number of fused-ring (bicyclic) bond motifs is 2. The Hall–Kier alpha value is -2.15. The molecule has 0 radical (unpaired) electrons. The van der Waals surface area contributed by atoms with Crippen LogP contribution in [0.5, 0.6) is 0 Å². The number of carbonyl (C=O) groups is 1. The molecule has 4 heterocycles. The summed E-state index contributed by atoms with van der Waals surface area (Å²) >= 11 is 0. The van der Waals surface area contributed by atoms with Crippen molar-refractivity contribution < 1.29 is 9.32 Å². The number of carbonyl (C=O) groups excluding carboxylic acids is 1. The summed E-state index contributed by atoms with van der Waals surface area (Å²) in [5.74, 6) is 1.10. The minimum Gasteiger partial charge on any atom is -0.361 e. The summed E-state index contributed by atoms with van der Waals surface area (Å²) in [6.07, 6.45) is 4.53. The molecule has 7 heteroatoms. The molecule has 0 saturated carbocycles. The monoisotopic (exact) mass is 357 g/mol. The average Bonchev–Trinajstić information content (AvgIpc) is 3.29. The minimum absolute atomic E-state index is 0.138. The zero-order chi connectivity index (χ0) is 18.5. The van der Waals surface area contributed by atoms with Crippen LogP contribution in [0.1, 0.15) is 48.7 Å². The lowest BCUT2D eigenvalue weighted by Gasteiger charge is -2.43. The van der Waals surface area contributed by atoms with E-state index in [4.69, 9.17) is 9.51 Å². The van der Waals surface area contributed by atoms with Crippen LogP contribution in [0.15, 0.2) is 10.9 Å². The SMILES string of the molecule is CCc1onc(C)c1CN1CCC2(C1)c1ncn(C)c1CCN2C(C)=O. The van der Waals surface area contributed by atoms with E-state index in [9.17, 15) is 4.79 Å². The lowest BCUT2D eigenvalue weighted by Crippen LogP contribution is -2.54. The molecule has 1 spiro atoms. The van der Waals surface area contributed by atoms with Gasteiger partial charge in [0.05, 0.1) is 17.7 Å². The van der Waals surface area contributed by atoms with E-state index in [2.05, 4.69) is 21.5 Å². The molecule has 1 atom stereocenters. The molecule has 1 amide bonds. The molecule has 1 unspecified atom stereocenters. The Labute approximate surface area is 154 Å². The van der Waals surface area contributed by atoms with Gasteiger partial charge in [0.25, 0.3) is 0 Å². The Kier molecular flexibility index (Phi) is 4.14. The van der Waals surface area contributed by atoms with Gasteiger partial charge in [-0.1, -0.05) is 12.1 Å². The van der Waals surface area contributed by atoms with Crippen molar-refractivity contribution in [2.75, 3.05) is 19.6 Å². The van der Waals surface area contributed by atoms with Crippen LogP contribution in [0, 0.1) is 6.92 Å². The van der Waals surface area contributed by atoms with E-state index in [1.165, 1.54) is 11.3 Å². The minimum atomic E-state index is -0.307. The maximum absolute atomic E-state index is 12.4. The van der Waals surface area contributed by atoms with Crippen molar-refractivity contribution in [3.8, 4) is 0 Å². The van der Waals surface area contributed by atoms with Gasteiger partial charge in [-0.15, -0.1) is 0 Å². The van der Waals surface area contributed by atoms with Crippen LogP contribution in [0.25, 0.3) is 0 Å². The number of likely N-dealkylation sites (tertiary alicyclic amines) is 1. The third kappa shape index (κ3) is 2.48. The number of nitrogens with zero attached hydrogens (tertiary/aromatic N) is 5. The fourth-order valence-corrected chi connectivity index (χ4v) is 4.72. The van der Waals surface area contributed by atoms with Crippen molar-refractivity contribution in [2.24, 2.45) is 7.05 Å². The molecule has 4 rings (SSSR count). The molecular formula is C19H27N5O2. The predicted molar refractivity (Wildman–Crippen MR) is 96.5 cm³/mol. The fourth-order valence-electron chi connectivity index (χ4n) is 4.72. The number of amides is 1. The Morgan fingerprint density at radius 2 is 2.19 bits per heavy atom. The highest BCUT2D eigenvalue weighted by atomic mass is 16.5. The Morgan fingerprint density at radius 1 is 1.38 bits per heavy atom. The van der Waals surface area contributed by atoms with Crippen LogP contribution in [0.4, 0.5) is 0 Å². The molecule has 2 aliphatic heterocycles. The summed E-state index contributed by atoms with van der Waals surface area (Å²) in [5.41, 5.74) is 4.20. The van der Waals surface area contributed by atoms with Crippen LogP contribution in [0.2, 0.25) is 0 Å². The second-order valence-corrected chi connectivity index (χ2v) is 7.59. The number of hydrogen-bond donors (Lipinski definition) is 0. The highest BCUT2D eigenvalue weighted by molar-refractivity contribution is 5.75. The number of rotatable bonds is 3. The molecule has 1 fully saturated rings. The summed E-state index contributed by atoms with van der Waals surface area (Å²) in [6.45, 7) is 9.10. The van der Waals surface area contributed by atoms with Crippen LogP contribution in [-0.2, 0) is 36.8 Å². The van der Waals surface area contributed by atoms with E-state index in [1.807, 2.05) is 25.2 Å². The number of imidazole rings is 1. The standard InChI is InChI=1S/C19H27N5O2/c1-5-17-15(13(2)21-26-17)10-23-9-7-19(11-23)18-16(22(4)12-20-18)6-8-24(19)14(3)25/h12H,5-11H2,1-4H3. The van der Waals surface area contributed by atoms with Gasteiger partial charge in [-0.25, -0.2) is 4.98 Å². The quantitative estimate of drug-likeness (QED) is 0.838. The Bertz CT molecular complexity index is 839. The van der Waals surface area contributed by atoms with E-state index in [1.54, 1.807) is 6.92 Å². The van der Waals surface area contributed by atoms with Crippen LogP contribution in [-0.4, -0.2) is 50.0 Å². The Morgan fingerprint density at radius 3 is 2.92 bits per heavy atom. The van der Waals surface area contributed by atoms with E-state index >= 15 is 0 Å². The van der Waals surface area contributed by atoms with Crippen molar-refractivity contribution in [3.63, 3.8) is 0 Å². The third-order valence-electron chi connectivity index (χ3n) is 6.06. The summed E-state index contributed by atoms with van der Waals surface area (Å²) in [4.78, 5) is 21.6. The normalized spacial score (nSPS) is 23.0. The van der Waals surface area contributed by atoms with Crippen molar-refractivity contribution in [2.45, 2.75) is 52.1 Å². The van der Waals surface area contributed by atoms with Gasteiger partial charge in [0.1, 0.15) is 11.3 Å². The van der Waals surface area contributed by atoms with Gasteiger partial charge in [-0.2, -0.15) is 0 Å². The molecule has 2 aromatic rings. The van der Waals surface area contributed by atoms with Gasteiger partial charge in [0.15, 0.2) is 0 Å². The first kappa shape index (κ1) is 17.3. The maximum atomic E-state index is 12.4. The van der Waals surface area contributed by atoms with Crippen LogP contribution in [0.3, 0.4) is 0 Å². The lowest BCUT2D eigenvalue weighted by molar-refractivity contribution is -0.136. The molecule has 2 aromatic heterocycles. The van der Waals surface area contributed by atoms with E-state index in [0.29, 0.717) is 0 Å². The topological polar surface area (TPSA) is 67.4 Å². The second kappa shape index (κ2) is 6.23. The maximum Gasteiger partial charge on any atom is 0.220 e. The molecule has 140 valence electrons. The molecule has 0 N–H and O–H groups in total. The average molecular weight is 357 g/mol. The number of hydrogen-bond acceptors (Lipinski definition) is 5. The van der Waals surface area contributed by atoms with Gasteiger partial charge in [-0.05, 0) is 13.3 Å². The largest absolute Gasteiger partial charge is 0.361 e. The first-order valence-electron chi connectivity index (χ1n) is 9.41.